The molecule has 0 aliphatic rings. The summed E-state index contributed by atoms with van der Waals surface area (Å²) in [6.45, 7) is 3.90. The maximum Gasteiger partial charge on any atom is 0.166 e. The highest BCUT2D eigenvalue weighted by molar-refractivity contribution is 7.80. The molecule has 0 amide bonds. The van der Waals surface area contributed by atoms with Gasteiger partial charge in [0, 0.05) is 31.1 Å². The number of thiocarbonyl (C=S) groups is 1. The van der Waals surface area contributed by atoms with Gasteiger partial charge in [-0.1, -0.05) is 6.92 Å². The zero-order chi connectivity index (χ0) is 10.2. The van der Waals surface area contributed by atoms with Crippen LogP contribution in [0.25, 0.3) is 0 Å². The summed E-state index contributed by atoms with van der Waals surface area (Å²) in [5.41, 5.74) is 0. The van der Waals surface area contributed by atoms with Crippen LogP contribution in [0, 0.1) is 0 Å². The minimum absolute atomic E-state index is 0.739. The summed E-state index contributed by atoms with van der Waals surface area (Å²) in [6.07, 6.45) is 3.85. The van der Waals surface area contributed by atoms with Gasteiger partial charge in [-0.3, -0.25) is 0 Å². The fourth-order valence-corrected chi connectivity index (χ4v) is 1.78. The van der Waals surface area contributed by atoms with Crippen molar-refractivity contribution in [3.8, 4) is 0 Å². The van der Waals surface area contributed by atoms with Crippen LogP contribution in [0.4, 0.5) is 0 Å². The molecule has 0 atom stereocenters. The first-order valence-electron chi connectivity index (χ1n) is 4.73. The molecule has 0 unspecified atom stereocenters. The molecular formula is C9H15N3S2. The molecule has 2 N–H and O–H groups in total. The topological polar surface area (TPSA) is 37.0 Å². The quantitative estimate of drug-likeness (QED) is 0.751. The van der Waals surface area contributed by atoms with Gasteiger partial charge in [0.1, 0.15) is 0 Å². The fraction of sp³-hybridized carbons (Fsp3) is 0.556. The van der Waals surface area contributed by atoms with E-state index in [-0.39, 0.29) is 0 Å². The summed E-state index contributed by atoms with van der Waals surface area (Å²) < 4.78 is 0. The number of nitrogens with zero attached hydrogens (tertiary/aromatic N) is 1. The van der Waals surface area contributed by atoms with E-state index in [9.17, 15) is 0 Å². The molecule has 1 heterocycles. The van der Waals surface area contributed by atoms with E-state index >= 15 is 0 Å². The Morgan fingerprint density at radius 1 is 1.50 bits per heavy atom. The minimum atomic E-state index is 0.739. The summed E-state index contributed by atoms with van der Waals surface area (Å²) in [6, 6.07) is 0. The van der Waals surface area contributed by atoms with Crippen molar-refractivity contribution in [2.45, 2.75) is 19.8 Å². The molecule has 0 saturated carbocycles. The Kier molecular flexibility index (Phi) is 5.47. The predicted octanol–water partition coefficient (Wildman–Crippen LogP) is 1.56. The number of rotatable bonds is 5. The van der Waals surface area contributed by atoms with Crippen LogP contribution in [0.3, 0.4) is 0 Å². The molecule has 0 radical (unpaired) electrons. The minimum Gasteiger partial charge on any atom is -0.363 e. The van der Waals surface area contributed by atoms with E-state index in [2.05, 4.69) is 22.5 Å². The van der Waals surface area contributed by atoms with E-state index in [0.717, 1.165) is 36.1 Å². The van der Waals surface area contributed by atoms with Gasteiger partial charge in [-0.05, 0) is 18.6 Å². The Labute approximate surface area is 93.9 Å². The van der Waals surface area contributed by atoms with E-state index in [1.54, 1.807) is 11.3 Å². The van der Waals surface area contributed by atoms with Crippen LogP contribution >= 0.6 is 23.6 Å². The monoisotopic (exact) mass is 229 g/mol. The lowest BCUT2D eigenvalue weighted by Crippen LogP contribution is -2.36. The highest BCUT2D eigenvalue weighted by Gasteiger charge is 1.96. The highest BCUT2D eigenvalue weighted by Crippen LogP contribution is 2.03. The van der Waals surface area contributed by atoms with Crippen LogP contribution in [-0.2, 0) is 6.42 Å². The van der Waals surface area contributed by atoms with Gasteiger partial charge in [-0.15, -0.1) is 11.3 Å². The Balaban J connectivity index is 2.06. The molecule has 0 bridgehead atoms. The van der Waals surface area contributed by atoms with Gasteiger partial charge in [0.05, 0.1) is 5.01 Å². The summed E-state index contributed by atoms with van der Waals surface area (Å²) in [5, 5.41) is 10.1. The lowest BCUT2D eigenvalue weighted by atomic mass is 10.4. The lowest BCUT2D eigenvalue weighted by molar-refractivity contribution is 0.789. The van der Waals surface area contributed by atoms with Crippen LogP contribution in [-0.4, -0.2) is 23.2 Å². The summed E-state index contributed by atoms with van der Waals surface area (Å²) >= 11 is 6.75. The maximum absolute atomic E-state index is 5.08. The molecule has 0 saturated heterocycles. The fourth-order valence-electron chi connectivity index (χ4n) is 0.960. The molecule has 0 spiro atoms. The SMILES string of the molecule is CCCNC(=S)NCCc1nccs1. The molecular weight excluding hydrogens is 214 g/mol. The van der Waals surface area contributed by atoms with Crippen molar-refractivity contribution >= 4 is 28.7 Å². The standard InChI is InChI=1S/C9H15N3S2/c1-2-4-11-9(13)12-5-3-8-10-6-7-14-8/h6-7H,2-5H2,1H3,(H2,11,12,13). The Hall–Kier alpha value is -0.680. The van der Waals surface area contributed by atoms with E-state index < -0.39 is 0 Å². The van der Waals surface area contributed by atoms with Crippen LogP contribution in [0.15, 0.2) is 11.6 Å². The molecule has 1 aromatic rings. The first-order valence-corrected chi connectivity index (χ1v) is 6.01. The smallest absolute Gasteiger partial charge is 0.166 e. The zero-order valence-electron chi connectivity index (χ0n) is 8.25. The second-order valence-electron chi connectivity index (χ2n) is 2.86. The van der Waals surface area contributed by atoms with Crippen molar-refractivity contribution in [2.75, 3.05) is 13.1 Å². The van der Waals surface area contributed by atoms with Crippen LogP contribution < -0.4 is 10.6 Å². The van der Waals surface area contributed by atoms with Crippen molar-refractivity contribution in [2.24, 2.45) is 0 Å². The number of nitrogens with one attached hydrogen (secondary N) is 2. The van der Waals surface area contributed by atoms with Crippen molar-refractivity contribution in [3.05, 3.63) is 16.6 Å². The number of hydrogen-bond acceptors (Lipinski definition) is 3. The van der Waals surface area contributed by atoms with Gasteiger partial charge in [-0.2, -0.15) is 0 Å². The Morgan fingerprint density at radius 2 is 2.29 bits per heavy atom. The van der Waals surface area contributed by atoms with E-state index in [1.807, 2.05) is 11.6 Å². The molecule has 0 fully saturated rings. The zero-order valence-corrected chi connectivity index (χ0v) is 9.88. The van der Waals surface area contributed by atoms with Crippen molar-refractivity contribution in [3.63, 3.8) is 0 Å². The summed E-state index contributed by atoms with van der Waals surface area (Å²) in [7, 11) is 0. The van der Waals surface area contributed by atoms with Gasteiger partial charge in [0.25, 0.3) is 0 Å². The first kappa shape index (κ1) is 11.4. The second-order valence-corrected chi connectivity index (χ2v) is 4.25. The van der Waals surface area contributed by atoms with Crippen LogP contribution in [0.2, 0.25) is 0 Å². The maximum atomic E-state index is 5.08. The molecule has 78 valence electrons. The molecule has 0 aromatic carbocycles. The van der Waals surface area contributed by atoms with Crippen molar-refractivity contribution in [1.82, 2.24) is 15.6 Å². The molecule has 1 rings (SSSR count). The number of thiazole rings is 1. The van der Waals surface area contributed by atoms with E-state index in [0.29, 0.717) is 0 Å². The summed E-state index contributed by atoms with van der Waals surface area (Å²) in [4.78, 5) is 4.19. The molecule has 5 heteroatoms. The highest BCUT2D eigenvalue weighted by atomic mass is 32.1. The van der Waals surface area contributed by atoms with Gasteiger partial charge < -0.3 is 10.6 Å². The number of aromatic nitrogens is 1. The van der Waals surface area contributed by atoms with Gasteiger partial charge >= 0.3 is 0 Å². The third-order valence-corrected chi connectivity index (χ3v) is 2.77. The van der Waals surface area contributed by atoms with Crippen molar-refractivity contribution < 1.29 is 0 Å². The average molecular weight is 229 g/mol. The summed E-state index contributed by atoms with van der Waals surface area (Å²) in [5.74, 6) is 0. The number of hydrogen-bond donors (Lipinski definition) is 2. The molecule has 3 nitrogen and oxygen atoms in total. The van der Waals surface area contributed by atoms with Gasteiger partial charge in [0.15, 0.2) is 5.11 Å². The largest absolute Gasteiger partial charge is 0.363 e. The molecule has 1 aromatic heterocycles. The van der Waals surface area contributed by atoms with Crippen LogP contribution in [0.1, 0.15) is 18.4 Å². The van der Waals surface area contributed by atoms with Gasteiger partial charge in [-0.25, -0.2) is 4.98 Å². The Bertz CT molecular complexity index is 259. The van der Waals surface area contributed by atoms with Crippen LogP contribution in [0.5, 0.6) is 0 Å². The first-order chi connectivity index (χ1) is 6.83. The normalized spacial score (nSPS) is 9.79. The van der Waals surface area contributed by atoms with Crippen molar-refractivity contribution in [1.29, 1.82) is 0 Å². The average Bonchev–Trinajstić information content (AvgIpc) is 2.67. The van der Waals surface area contributed by atoms with Gasteiger partial charge in [0.2, 0.25) is 0 Å². The molecule has 0 aliphatic heterocycles. The molecule has 14 heavy (non-hydrogen) atoms. The van der Waals surface area contributed by atoms with E-state index in [1.165, 1.54) is 0 Å². The van der Waals surface area contributed by atoms with E-state index in [4.69, 9.17) is 12.2 Å². The third-order valence-electron chi connectivity index (χ3n) is 1.64. The molecule has 0 aliphatic carbocycles. The third kappa shape index (κ3) is 4.53. The Morgan fingerprint density at radius 3 is 2.93 bits per heavy atom. The predicted molar refractivity (Wildman–Crippen MR) is 64.7 cm³/mol. The lowest BCUT2D eigenvalue weighted by Gasteiger charge is -2.08. The second kappa shape index (κ2) is 6.73.